The lowest BCUT2D eigenvalue weighted by atomic mass is 10.0. The Morgan fingerprint density at radius 1 is 1.19 bits per heavy atom. The van der Waals surface area contributed by atoms with E-state index in [1.165, 1.54) is 9.80 Å². The minimum atomic E-state index is -0.834. The molecule has 1 atom stereocenters. The fraction of sp³-hybridized carbons (Fsp3) is 0.400. The number of piperazine rings is 1. The molecule has 112 valence electrons. The molecule has 1 aromatic carbocycles. The third kappa shape index (κ3) is 3.21. The average Bonchev–Trinajstić information content (AvgIpc) is 2.46. The molecule has 21 heavy (non-hydrogen) atoms. The van der Waals surface area contributed by atoms with Gasteiger partial charge in [0.15, 0.2) is 0 Å². The van der Waals surface area contributed by atoms with Crippen molar-refractivity contribution < 1.29 is 19.5 Å². The molecule has 6 nitrogen and oxygen atoms in total. The number of rotatable bonds is 4. The van der Waals surface area contributed by atoms with Gasteiger partial charge in [-0.1, -0.05) is 19.1 Å². The smallest absolute Gasteiger partial charge is 0.316 e. The summed E-state index contributed by atoms with van der Waals surface area (Å²) >= 11 is 0. The highest BCUT2D eigenvalue weighted by molar-refractivity contribution is 6.40. The molecule has 1 aromatic rings. The molecule has 1 N–H and O–H groups in total. The van der Waals surface area contributed by atoms with E-state index in [4.69, 9.17) is 5.11 Å². The van der Waals surface area contributed by atoms with Gasteiger partial charge in [0.2, 0.25) is 0 Å². The predicted octanol–water partition coefficient (Wildman–Crippen LogP) is 0.755. The van der Waals surface area contributed by atoms with Crippen LogP contribution in [0.25, 0.3) is 0 Å². The maximum absolute atomic E-state index is 11.9. The zero-order chi connectivity index (χ0) is 15.6. The number of likely N-dealkylation sites (N-methyl/N-ethyl adjacent to an activating group) is 1. The Balaban J connectivity index is 2.10. The summed E-state index contributed by atoms with van der Waals surface area (Å²) in [5, 5.41) is 8.90. The first-order chi connectivity index (χ1) is 9.90. The first-order valence-corrected chi connectivity index (χ1v) is 6.79. The Kier molecular flexibility index (Phi) is 4.26. The van der Waals surface area contributed by atoms with E-state index in [0.717, 1.165) is 5.56 Å². The van der Waals surface area contributed by atoms with Crippen LogP contribution in [-0.4, -0.2) is 47.9 Å². The number of amides is 2. The largest absolute Gasteiger partial charge is 0.481 e. The highest BCUT2D eigenvalue weighted by Gasteiger charge is 2.31. The van der Waals surface area contributed by atoms with Gasteiger partial charge in [-0.25, -0.2) is 0 Å². The number of benzene rings is 1. The maximum atomic E-state index is 11.9. The number of carboxylic acid groups (broad SMARTS) is 1. The number of hydrogen-bond acceptors (Lipinski definition) is 3. The Labute approximate surface area is 123 Å². The van der Waals surface area contributed by atoms with E-state index < -0.39 is 23.7 Å². The molecule has 0 aromatic heterocycles. The molecule has 1 fully saturated rings. The maximum Gasteiger partial charge on any atom is 0.316 e. The molecule has 1 unspecified atom stereocenters. The molecule has 2 amide bonds. The lowest BCUT2D eigenvalue weighted by molar-refractivity contribution is -0.145. The van der Waals surface area contributed by atoms with E-state index in [0.29, 0.717) is 25.2 Å². The second-order valence-corrected chi connectivity index (χ2v) is 5.29. The van der Waals surface area contributed by atoms with Gasteiger partial charge in [-0.3, -0.25) is 14.4 Å². The van der Waals surface area contributed by atoms with Crippen molar-refractivity contribution in [1.82, 2.24) is 4.90 Å². The lowest BCUT2D eigenvalue weighted by Gasteiger charge is -2.31. The summed E-state index contributed by atoms with van der Waals surface area (Å²) in [4.78, 5) is 37.3. The molecule has 0 aliphatic carbocycles. The Bertz CT molecular complexity index is 568. The number of hydrogen-bond donors (Lipinski definition) is 1. The SMILES string of the molecule is CC(Cc1ccc(N2CCN(C)C(=O)C2=O)cc1)C(=O)O. The van der Waals surface area contributed by atoms with Gasteiger partial charge in [0.25, 0.3) is 0 Å². The first kappa shape index (κ1) is 15.0. The van der Waals surface area contributed by atoms with Gasteiger partial charge in [-0.05, 0) is 24.1 Å². The van der Waals surface area contributed by atoms with E-state index in [1.807, 2.05) is 0 Å². The number of aliphatic carboxylic acids is 1. The van der Waals surface area contributed by atoms with Crippen molar-refractivity contribution in [3.63, 3.8) is 0 Å². The van der Waals surface area contributed by atoms with Crippen LogP contribution in [0.5, 0.6) is 0 Å². The van der Waals surface area contributed by atoms with Crippen LogP contribution in [-0.2, 0) is 20.8 Å². The molecule has 6 heteroatoms. The number of carbonyl (C=O) groups excluding carboxylic acids is 2. The Morgan fingerprint density at radius 3 is 2.38 bits per heavy atom. The summed E-state index contributed by atoms with van der Waals surface area (Å²) in [7, 11) is 1.61. The minimum Gasteiger partial charge on any atom is -0.481 e. The van der Waals surface area contributed by atoms with E-state index in [2.05, 4.69) is 0 Å². The van der Waals surface area contributed by atoms with Gasteiger partial charge in [-0.2, -0.15) is 0 Å². The number of nitrogens with zero attached hydrogens (tertiary/aromatic N) is 2. The quantitative estimate of drug-likeness (QED) is 0.830. The van der Waals surface area contributed by atoms with Crippen LogP contribution in [0.2, 0.25) is 0 Å². The molecule has 0 radical (unpaired) electrons. The molecule has 1 aliphatic heterocycles. The topological polar surface area (TPSA) is 77.9 Å². The van der Waals surface area contributed by atoms with Crippen molar-refractivity contribution in [2.24, 2.45) is 5.92 Å². The van der Waals surface area contributed by atoms with Crippen molar-refractivity contribution in [1.29, 1.82) is 0 Å². The van der Waals surface area contributed by atoms with Gasteiger partial charge >= 0.3 is 17.8 Å². The van der Waals surface area contributed by atoms with Crippen LogP contribution in [0.1, 0.15) is 12.5 Å². The molecular formula is C15H18N2O4. The molecule has 1 aliphatic rings. The van der Waals surface area contributed by atoms with Gasteiger partial charge in [0.05, 0.1) is 5.92 Å². The summed E-state index contributed by atoms with van der Waals surface area (Å²) in [5.41, 5.74) is 1.55. The highest BCUT2D eigenvalue weighted by Crippen LogP contribution is 2.19. The van der Waals surface area contributed by atoms with E-state index in [1.54, 1.807) is 38.2 Å². The Morgan fingerprint density at radius 2 is 1.81 bits per heavy atom. The van der Waals surface area contributed by atoms with Crippen molar-refractivity contribution in [2.75, 3.05) is 25.0 Å². The second kappa shape index (κ2) is 5.95. The molecule has 0 bridgehead atoms. The zero-order valence-electron chi connectivity index (χ0n) is 12.1. The van der Waals surface area contributed by atoms with Gasteiger partial charge in [-0.15, -0.1) is 0 Å². The molecule has 2 rings (SSSR count). The van der Waals surface area contributed by atoms with Crippen LogP contribution < -0.4 is 4.90 Å². The predicted molar refractivity (Wildman–Crippen MR) is 76.9 cm³/mol. The van der Waals surface area contributed by atoms with Gasteiger partial charge in [0, 0.05) is 25.8 Å². The molecule has 1 saturated heterocycles. The fourth-order valence-electron chi connectivity index (χ4n) is 2.23. The van der Waals surface area contributed by atoms with Crippen molar-refractivity contribution in [3.05, 3.63) is 29.8 Å². The standard InChI is InChI=1S/C15H18N2O4/c1-10(15(20)21)9-11-3-5-12(6-4-11)17-8-7-16(2)13(18)14(17)19/h3-6,10H,7-9H2,1-2H3,(H,20,21). The van der Waals surface area contributed by atoms with Gasteiger partial charge < -0.3 is 14.9 Å². The normalized spacial score (nSPS) is 17.0. The zero-order valence-corrected chi connectivity index (χ0v) is 12.1. The monoisotopic (exact) mass is 290 g/mol. The van der Waals surface area contributed by atoms with E-state index >= 15 is 0 Å². The first-order valence-electron chi connectivity index (χ1n) is 6.79. The summed E-state index contributed by atoms with van der Waals surface area (Å²) in [5.74, 6) is -2.33. The Hall–Kier alpha value is -2.37. The van der Waals surface area contributed by atoms with Crippen LogP contribution in [0, 0.1) is 5.92 Å². The summed E-state index contributed by atoms with van der Waals surface area (Å²) in [6.07, 6.45) is 0.436. The average molecular weight is 290 g/mol. The van der Waals surface area contributed by atoms with E-state index in [-0.39, 0.29) is 0 Å². The number of carboxylic acids is 1. The number of anilines is 1. The molecule has 0 spiro atoms. The number of carbonyl (C=O) groups is 3. The second-order valence-electron chi connectivity index (χ2n) is 5.29. The third-order valence-corrected chi connectivity index (χ3v) is 3.65. The highest BCUT2D eigenvalue weighted by atomic mass is 16.4. The summed E-state index contributed by atoms with van der Waals surface area (Å²) in [6, 6.07) is 7.09. The third-order valence-electron chi connectivity index (χ3n) is 3.65. The lowest BCUT2D eigenvalue weighted by Crippen LogP contribution is -2.53. The van der Waals surface area contributed by atoms with E-state index in [9.17, 15) is 14.4 Å². The summed E-state index contributed by atoms with van der Waals surface area (Å²) < 4.78 is 0. The van der Waals surface area contributed by atoms with Gasteiger partial charge in [0.1, 0.15) is 0 Å². The van der Waals surface area contributed by atoms with Crippen molar-refractivity contribution in [3.8, 4) is 0 Å². The van der Waals surface area contributed by atoms with Crippen LogP contribution in [0.3, 0.4) is 0 Å². The minimum absolute atomic E-state index is 0.436. The van der Waals surface area contributed by atoms with Crippen LogP contribution >= 0.6 is 0 Å². The molecule has 1 heterocycles. The molecular weight excluding hydrogens is 272 g/mol. The van der Waals surface area contributed by atoms with Crippen LogP contribution in [0.4, 0.5) is 5.69 Å². The van der Waals surface area contributed by atoms with Crippen LogP contribution in [0.15, 0.2) is 24.3 Å². The van der Waals surface area contributed by atoms with Crippen molar-refractivity contribution >= 4 is 23.5 Å². The fourth-order valence-corrected chi connectivity index (χ4v) is 2.23. The summed E-state index contributed by atoms with van der Waals surface area (Å²) in [6.45, 7) is 2.62. The molecule has 0 saturated carbocycles. The van der Waals surface area contributed by atoms with Crippen molar-refractivity contribution in [2.45, 2.75) is 13.3 Å².